The van der Waals surface area contributed by atoms with Gasteiger partial charge < -0.3 is 16.7 Å². The van der Waals surface area contributed by atoms with Crippen LogP contribution in [0, 0.1) is 0 Å². The van der Waals surface area contributed by atoms with Gasteiger partial charge in [-0.15, -0.1) is 0 Å². The molecule has 1 amide bonds. The molecular weight excluding hydrogens is 98.0 g/mol. The lowest BCUT2D eigenvalue weighted by atomic mass is 10.5. The molecule has 0 aliphatic heterocycles. The molecule has 1 atom stereocenters. The summed E-state index contributed by atoms with van der Waals surface area (Å²) < 4.78 is 0. The second-order valence-corrected chi connectivity index (χ2v) is 1.01. The highest BCUT2D eigenvalue weighted by atomic mass is 16.5. The van der Waals surface area contributed by atoms with E-state index in [1.807, 2.05) is 0 Å². The number of carbonyl (C=O) groups excluding carboxylic acids is 1. The molecule has 0 aliphatic carbocycles. The first-order valence-electron chi connectivity index (χ1n) is 1.63. The van der Waals surface area contributed by atoms with Crippen LogP contribution in [-0.2, 0) is 4.79 Å². The second kappa shape index (κ2) is 2.51. The lowest BCUT2D eigenvalue weighted by Crippen LogP contribution is -2.46. The van der Waals surface area contributed by atoms with Crippen molar-refractivity contribution < 1.29 is 10.0 Å². The Hall–Kier alpha value is -0.650. The normalized spacial score (nSPS) is 13.4. The molecule has 42 valence electrons. The average molecular weight is 105 g/mol. The van der Waals surface area contributed by atoms with E-state index in [4.69, 9.17) is 10.9 Å². The van der Waals surface area contributed by atoms with Crippen LogP contribution in [0.15, 0.2) is 0 Å². The molecule has 5 nitrogen and oxygen atoms in total. The zero-order valence-electron chi connectivity index (χ0n) is 3.59. The summed E-state index contributed by atoms with van der Waals surface area (Å²) >= 11 is 0. The Morgan fingerprint density at radius 3 is 2.29 bits per heavy atom. The van der Waals surface area contributed by atoms with Gasteiger partial charge in [0.15, 0.2) is 6.17 Å². The average Bonchev–Trinajstić information content (AvgIpc) is 1.65. The number of primary amides is 1. The van der Waals surface area contributed by atoms with Gasteiger partial charge in [-0.25, -0.2) is 0 Å². The number of hydrogen-bond acceptors (Lipinski definition) is 4. The topological polar surface area (TPSA) is 101 Å². The molecule has 0 rings (SSSR count). The summed E-state index contributed by atoms with van der Waals surface area (Å²) in [6.45, 7) is 0. The summed E-state index contributed by atoms with van der Waals surface area (Å²) in [4.78, 5) is 9.81. The fourth-order valence-corrected chi connectivity index (χ4v) is 0.0636. The standard InChI is InChI=1S/C2H7N3O2/c3-1(5-7)2(4)6/h1,5,7H,3H2,(H2,4,6). The highest BCUT2D eigenvalue weighted by Crippen LogP contribution is 1.59. The van der Waals surface area contributed by atoms with Crippen molar-refractivity contribution in [2.45, 2.75) is 6.17 Å². The molecule has 0 aromatic heterocycles. The lowest BCUT2D eigenvalue weighted by Gasteiger charge is -2.00. The fraction of sp³-hybridized carbons (Fsp3) is 0.500. The van der Waals surface area contributed by atoms with Gasteiger partial charge in [0, 0.05) is 0 Å². The minimum Gasteiger partial charge on any atom is -0.367 e. The summed E-state index contributed by atoms with van der Waals surface area (Å²) in [5.41, 5.74) is 10.8. The monoisotopic (exact) mass is 105 g/mol. The van der Waals surface area contributed by atoms with Gasteiger partial charge in [-0.1, -0.05) is 0 Å². The van der Waals surface area contributed by atoms with Crippen molar-refractivity contribution in [3.05, 3.63) is 0 Å². The van der Waals surface area contributed by atoms with E-state index in [9.17, 15) is 4.79 Å². The third-order valence-corrected chi connectivity index (χ3v) is 0.446. The third kappa shape index (κ3) is 2.10. The van der Waals surface area contributed by atoms with Crippen molar-refractivity contribution in [2.75, 3.05) is 0 Å². The molecule has 1 unspecified atom stereocenters. The fourth-order valence-electron chi connectivity index (χ4n) is 0.0636. The largest absolute Gasteiger partial charge is 0.367 e. The molecular formula is C2H7N3O2. The number of amides is 1. The van der Waals surface area contributed by atoms with Gasteiger partial charge in [-0.2, -0.15) is 5.48 Å². The number of hydrogen-bond donors (Lipinski definition) is 4. The second-order valence-electron chi connectivity index (χ2n) is 1.01. The van der Waals surface area contributed by atoms with Crippen molar-refractivity contribution in [3.63, 3.8) is 0 Å². The quantitative estimate of drug-likeness (QED) is 0.235. The highest BCUT2D eigenvalue weighted by Gasteiger charge is 2.03. The maximum Gasteiger partial charge on any atom is 0.251 e. The van der Waals surface area contributed by atoms with E-state index in [1.54, 1.807) is 0 Å². The predicted molar refractivity (Wildman–Crippen MR) is 22.1 cm³/mol. The van der Waals surface area contributed by atoms with Gasteiger partial charge >= 0.3 is 0 Å². The smallest absolute Gasteiger partial charge is 0.251 e. The van der Waals surface area contributed by atoms with Gasteiger partial charge in [-0.3, -0.25) is 4.79 Å². The van der Waals surface area contributed by atoms with Gasteiger partial charge in [0.05, 0.1) is 0 Å². The van der Waals surface area contributed by atoms with Gasteiger partial charge in [0.1, 0.15) is 0 Å². The lowest BCUT2D eigenvalue weighted by molar-refractivity contribution is -0.122. The molecule has 0 aliphatic rings. The maximum absolute atomic E-state index is 9.81. The van der Waals surface area contributed by atoms with Crippen LogP contribution < -0.4 is 16.9 Å². The summed E-state index contributed by atoms with van der Waals surface area (Å²) in [5.74, 6) is -0.789. The molecule has 0 heterocycles. The highest BCUT2D eigenvalue weighted by molar-refractivity contribution is 5.78. The van der Waals surface area contributed by atoms with Crippen molar-refractivity contribution in [1.82, 2.24) is 5.48 Å². The van der Waals surface area contributed by atoms with E-state index < -0.39 is 12.1 Å². The van der Waals surface area contributed by atoms with Crippen molar-refractivity contribution in [2.24, 2.45) is 11.5 Å². The van der Waals surface area contributed by atoms with Crippen LogP contribution in [-0.4, -0.2) is 17.3 Å². The minimum atomic E-state index is -1.15. The van der Waals surface area contributed by atoms with E-state index in [0.717, 1.165) is 0 Å². The summed E-state index contributed by atoms with van der Waals surface area (Å²) in [6, 6.07) is 0. The predicted octanol–water partition coefficient (Wildman–Crippen LogP) is -2.26. The zero-order chi connectivity index (χ0) is 5.86. The van der Waals surface area contributed by atoms with Gasteiger partial charge in [-0.05, 0) is 0 Å². The van der Waals surface area contributed by atoms with Crippen molar-refractivity contribution in [3.8, 4) is 0 Å². The zero-order valence-corrected chi connectivity index (χ0v) is 3.59. The Bertz CT molecular complexity index is 73.3. The Labute approximate surface area is 40.2 Å². The van der Waals surface area contributed by atoms with E-state index in [-0.39, 0.29) is 0 Å². The van der Waals surface area contributed by atoms with Gasteiger partial charge in [0.25, 0.3) is 5.91 Å². The molecule has 0 saturated carbocycles. The third-order valence-electron chi connectivity index (χ3n) is 0.446. The number of carbonyl (C=O) groups is 1. The molecule has 0 radical (unpaired) electrons. The van der Waals surface area contributed by atoms with Crippen LogP contribution in [0.4, 0.5) is 0 Å². The molecule has 0 aromatic rings. The molecule has 0 saturated heterocycles. The molecule has 5 heteroatoms. The minimum absolute atomic E-state index is 0.789. The summed E-state index contributed by atoms with van der Waals surface area (Å²) in [6.07, 6.45) is -1.15. The Morgan fingerprint density at radius 1 is 1.86 bits per heavy atom. The van der Waals surface area contributed by atoms with Crippen LogP contribution >= 0.6 is 0 Å². The molecule has 0 spiro atoms. The number of hydroxylamine groups is 1. The van der Waals surface area contributed by atoms with E-state index in [2.05, 4.69) is 5.73 Å². The molecule has 6 N–H and O–H groups in total. The molecule has 0 aromatic carbocycles. The molecule has 7 heavy (non-hydrogen) atoms. The first kappa shape index (κ1) is 6.35. The van der Waals surface area contributed by atoms with Crippen molar-refractivity contribution >= 4 is 5.91 Å². The number of nitrogens with two attached hydrogens (primary N) is 2. The van der Waals surface area contributed by atoms with Crippen molar-refractivity contribution in [1.29, 1.82) is 0 Å². The van der Waals surface area contributed by atoms with E-state index in [0.29, 0.717) is 0 Å². The molecule has 0 fully saturated rings. The summed E-state index contributed by atoms with van der Waals surface area (Å²) in [7, 11) is 0. The first-order valence-corrected chi connectivity index (χ1v) is 1.63. The van der Waals surface area contributed by atoms with E-state index in [1.165, 1.54) is 5.48 Å². The van der Waals surface area contributed by atoms with E-state index >= 15 is 0 Å². The van der Waals surface area contributed by atoms with Crippen LogP contribution in [0.5, 0.6) is 0 Å². The van der Waals surface area contributed by atoms with Crippen LogP contribution in [0.2, 0.25) is 0 Å². The van der Waals surface area contributed by atoms with Crippen LogP contribution in [0.1, 0.15) is 0 Å². The number of nitrogens with one attached hydrogen (secondary N) is 1. The summed E-state index contributed by atoms with van der Waals surface area (Å²) in [5, 5.41) is 7.83. The molecule has 0 bridgehead atoms. The SMILES string of the molecule is NC(=O)C(N)NO. The first-order chi connectivity index (χ1) is 3.18. The Morgan fingerprint density at radius 2 is 2.29 bits per heavy atom. The van der Waals surface area contributed by atoms with Crippen LogP contribution in [0.3, 0.4) is 0 Å². The Kier molecular flexibility index (Phi) is 2.28. The van der Waals surface area contributed by atoms with Crippen LogP contribution in [0.25, 0.3) is 0 Å². The van der Waals surface area contributed by atoms with Gasteiger partial charge in [0.2, 0.25) is 0 Å². The maximum atomic E-state index is 9.81. The number of rotatable bonds is 2. The Balaban J connectivity index is 3.34.